The first-order chi connectivity index (χ1) is 21.3. The van der Waals surface area contributed by atoms with Crippen molar-refractivity contribution >= 4 is 23.4 Å². The number of hydrogen-bond acceptors (Lipinski definition) is 8. The van der Waals surface area contributed by atoms with Gasteiger partial charge in [-0.05, 0) is 80.0 Å². The van der Waals surface area contributed by atoms with Gasteiger partial charge in [0, 0.05) is 30.4 Å². The van der Waals surface area contributed by atoms with Gasteiger partial charge in [0.1, 0.15) is 34.7 Å². The third kappa shape index (κ3) is 4.84. The van der Waals surface area contributed by atoms with Crippen LogP contribution in [0.3, 0.4) is 0 Å². The maximum atomic E-state index is 13.3. The van der Waals surface area contributed by atoms with Gasteiger partial charge < -0.3 is 24.1 Å². The van der Waals surface area contributed by atoms with Gasteiger partial charge in [-0.15, -0.1) is 0 Å². The van der Waals surface area contributed by atoms with Gasteiger partial charge in [-0.25, -0.2) is 4.79 Å². The molecule has 2 aliphatic carbocycles. The maximum absolute atomic E-state index is 13.3. The molecular weight excluding hydrogens is 558 g/mol. The molecule has 0 aromatic heterocycles. The van der Waals surface area contributed by atoms with E-state index in [0.29, 0.717) is 49.5 Å². The molecule has 3 unspecified atom stereocenters. The van der Waals surface area contributed by atoms with Crippen molar-refractivity contribution in [3.8, 4) is 17.2 Å². The molecule has 0 amide bonds. The highest BCUT2D eigenvalue weighted by molar-refractivity contribution is 5.98. The number of nitrogens with zero attached hydrogens (tertiary/aromatic N) is 1. The number of benzene rings is 2. The number of rotatable bonds is 6. The van der Waals surface area contributed by atoms with Crippen molar-refractivity contribution in [3.05, 3.63) is 68.9 Å². The lowest BCUT2D eigenvalue weighted by molar-refractivity contribution is -0.141. The molecule has 3 aliphatic heterocycles. The number of methoxy groups -OCH3 is 1. The third-order valence-corrected chi connectivity index (χ3v) is 10.2. The summed E-state index contributed by atoms with van der Waals surface area (Å²) in [5.74, 6) is 1.26. The Kier molecular flexibility index (Phi) is 7.35. The molecule has 2 saturated carbocycles. The van der Waals surface area contributed by atoms with Gasteiger partial charge in [0.2, 0.25) is 5.76 Å². The fourth-order valence-electron chi connectivity index (χ4n) is 7.72. The summed E-state index contributed by atoms with van der Waals surface area (Å²) < 4.78 is 24.0. The third-order valence-electron chi connectivity index (χ3n) is 10.2. The number of aliphatic hydroxyl groups is 1. The van der Waals surface area contributed by atoms with Crippen molar-refractivity contribution < 1.29 is 33.6 Å². The fourth-order valence-corrected chi connectivity index (χ4v) is 7.72. The van der Waals surface area contributed by atoms with E-state index >= 15 is 0 Å². The molecule has 230 valence electrons. The zero-order valence-electron chi connectivity index (χ0n) is 25.6. The fraction of sp³-hybridized carbons (Fsp3) is 0.472. The number of Topliss-reactive ketones (excluding diaryl/α,β-unsaturated/α-hetero) is 1. The first-order valence-corrected chi connectivity index (χ1v) is 15.9. The molecule has 5 aliphatic rings. The number of fused-ring (bicyclic) bond motifs is 3. The van der Waals surface area contributed by atoms with E-state index in [2.05, 4.69) is 17.1 Å². The standard InChI is InChI=1S/C36H39NO7/c1-4-42-35(39)31-17-25(21-10-12-28(38)24(16-21)20-9-11-27-22(15-20)13-14-37-27)33-30(43-31)19-29-26(34(33)41-3)18-32(44-29)36(2,40)23-7-5-6-8-23/h9,11,13,15,17,19,23-24,32,40H,4-8,10,12,14,16,18H2,1-3H3. The van der Waals surface area contributed by atoms with E-state index in [1.807, 2.05) is 25.1 Å². The number of carbonyl (C=O) groups is 2. The largest absolute Gasteiger partial charge is 0.496 e. The lowest BCUT2D eigenvalue weighted by atomic mass is 9.77. The van der Waals surface area contributed by atoms with Gasteiger partial charge in [0.25, 0.3) is 0 Å². The number of ether oxygens (including phenoxy) is 4. The highest BCUT2D eigenvalue weighted by Crippen LogP contribution is 2.53. The first kappa shape index (κ1) is 28.8. The Labute approximate surface area is 257 Å². The van der Waals surface area contributed by atoms with Gasteiger partial charge in [0.15, 0.2) is 0 Å². The molecule has 3 heterocycles. The average molecular weight is 598 g/mol. The monoisotopic (exact) mass is 597 g/mol. The summed E-state index contributed by atoms with van der Waals surface area (Å²) in [5, 5.41) is 13.7. The second-order valence-corrected chi connectivity index (χ2v) is 12.7. The van der Waals surface area contributed by atoms with Crippen LogP contribution < -0.4 is 24.8 Å². The molecule has 8 heteroatoms. The molecule has 0 spiro atoms. The van der Waals surface area contributed by atoms with E-state index in [9.17, 15) is 14.7 Å². The average Bonchev–Trinajstić information content (AvgIpc) is 3.81. The lowest BCUT2D eigenvalue weighted by Gasteiger charge is -2.35. The summed E-state index contributed by atoms with van der Waals surface area (Å²) in [6.45, 7) is 4.52. The smallest absolute Gasteiger partial charge is 0.374 e. The second kappa shape index (κ2) is 11.2. The molecule has 7 rings (SSSR count). The highest BCUT2D eigenvalue weighted by atomic mass is 16.6. The van der Waals surface area contributed by atoms with Gasteiger partial charge >= 0.3 is 5.97 Å². The van der Waals surface area contributed by atoms with Crippen LogP contribution in [-0.2, 0) is 20.7 Å². The van der Waals surface area contributed by atoms with Gasteiger partial charge in [-0.1, -0.05) is 30.6 Å². The Balaban J connectivity index is 1.32. The van der Waals surface area contributed by atoms with Crippen molar-refractivity contribution in [1.29, 1.82) is 0 Å². The van der Waals surface area contributed by atoms with Crippen LogP contribution in [-0.4, -0.2) is 48.8 Å². The molecule has 44 heavy (non-hydrogen) atoms. The van der Waals surface area contributed by atoms with Crippen LogP contribution in [0.15, 0.2) is 46.7 Å². The van der Waals surface area contributed by atoms with Crippen LogP contribution in [0.1, 0.15) is 81.4 Å². The van der Waals surface area contributed by atoms with Crippen molar-refractivity contribution in [2.24, 2.45) is 10.9 Å². The number of hydrogen-bond donors (Lipinski definition) is 1. The molecule has 2 fully saturated rings. The normalized spacial score (nSPS) is 25.4. The van der Waals surface area contributed by atoms with E-state index in [1.54, 1.807) is 20.1 Å². The summed E-state index contributed by atoms with van der Waals surface area (Å²) in [7, 11) is 1.63. The summed E-state index contributed by atoms with van der Waals surface area (Å²) in [4.78, 5) is 30.8. The number of esters is 1. The van der Waals surface area contributed by atoms with Crippen LogP contribution in [0.25, 0.3) is 11.6 Å². The summed E-state index contributed by atoms with van der Waals surface area (Å²) in [6.07, 6.45) is 9.60. The molecular formula is C36H39NO7. The first-order valence-electron chi connectivity index (χ1n) is 15.9. The predicted octanol–water partition coefficient (Wildman–Crippen LogP) is 4.48. The molecule has 2 aromatic carbocycles. The van der Waals surface area contributed by atoms with Crippen molar-refractivity contribution in [3.63, 3.8) is 0 Å². The van der Waals surface area contributed by atoms with E-state index in [1.165, 1.54) is 0 Å². The summed E-state index contributed by atoms with van der Waals surface area (Å²) >= 11 is 0. The van der Waals surface area contributed by atoms with Crippen LogP contribution in [0.2, 0.25) is 0 Å². The van der Waals surface area contributed by atoms with Crippen LogP contribution in [0.4, 0.5) is 0 Å². The molecule has 0 saturated heterocycles. The molecule has 8 nitrogen and oxygen atoms in total. The van der Waals surface area contributed by atoms with Crippen molar-refractivity contribution in [2.75, 3.05) is 20.3 Å². The molecule has 1 N–H and O–H groups in total. The minimum absolute atomic E-state index is 0.0820. The summed E-state index contributed by atoms with van der Waals surface area (Å²) in [6, 6.07) is 7.91. The highest BCUT2D eigenvalue weighted by Gasteiger charge is 2.47. The zero-order chi connectivity index (χ0) is 30.6. The molecule has 0 bridgehead atoms. The Hall–Kier alpha value is -3.91. The van der Waals surface area contributed by atoms with E-state index < -0.39 is 17.7 Å². The molecule has 2 aromatic rings. The van der Waals surface area contributed by atoms with Crippen molar-refractivity contribution in [1.82, 2.24) is 0 Å². The molecule has 3 atom stereocenters. The van der Waals surface area contributed by atoms with Gasteiger partial charge in [-0.2, -0.15) is 0 Å². The zero-order valence-corrected chi connectivity index (χ0v) is 25.6. The van der Waals surface area contributed by atoms with Crippen LogP contribution >= 0.6 is 0 Å². The Morgan fingerprint density at radius 3 is 2.73 bits per heavy atom. The predicted molar refractivity (Wildman–Crippen MR) is 164 cm³/mol. The van der Waals surface area contributed by atoms with Gasteiger partial charge in [-0.3, -0.25) is 9.79 Å². The van der Waals surface area contributed by atoms with E-state index in [0.717, 1.165) is 64.1 Å². The summed E-state index contributed by atoms with van der Waals surface area (Å²) in [5.41, 5.74) is 3.49. The number of allylic oxidation sites excluding steroid dienone is 3. The lowest BCUT2D eigenvalue weighted by Crippen LogP contribution is -2.47. The maximum Gasteiger partial charge on any atom is 0.374 e. The second-order valence-electron chi connectivity index (χ2n) is 12.7. The van der Waals surface area contributed by atoms with Crippen LogP contribution in [0.5, 0.6) is 17.2 Å². The van der Waals surface area contributed by atoms with Crippen molar-refractivity contribution in [2.45, 2.75) is 82.8 Å². The van der Waals surface area contributed by atoms with Gasteiger partial charge in [0.05, 0.1) is 31.2 Å². The Bertz CT molecular complexity index is 1730. The number of carbonyl (C=O) groups excluding carboxylic acids is 2. The minimum Gasteiger partial charge on any atom is -0.496 e. The van der Waals surface area contributed by atoms with E-state index in [-0.39, 0.29) is 30.0 Å². The Morgan fingerprint density at radius 1 is 1.14 bits per heavy atom. The quantitative estimate of drug-likeness (QED) is 0.490. The van der Waals surface area contributed by atoms with Crippen LogP contribution in [0, 0.1) is 5.92 Å². The molecule has 0 radical (unpaired) electrons. The Morgan fingerprint density at radius 2 is 1.95 bits per heavy atom. The van der Waals surface area contributed by atoms with E-state index in [4.69, 9.17) is 18.9 Å². The minimum atomic E-state index is -0.991. The SMILES string of the molecule is CCOC(=O)C1=CC(=C2CCC(=O)C(c3ccc4c(c3)=CCN=4)C2)c2c(cc3c(c2OC)CC(C(C)(O)C2CCCC2)O3)O1. The topological polar surface area (TPSA) is 104 Å². The number of ketones is 1.